The lowest BCUT2D eigenvalue weighted by molar-refractivity contribution is 0.134. The first-order chi connectivity index (χ1) is 12.2. The second kappa shape index (κ2) is 8.51. The van der Waals surface area contributed by atoms with Crippen molar-refractivity contribution < 1.29 is 5.11 Å². The summed E-state index contributed by atoms with van der Waals surface area (Å²) in [5.74, 6) is 1.02. The molecule has 0 aliphatic carbocycles. The van der Waals surface area contributed by atoms with Crippen molar-refractivity contribution in [2.75, 3.05) is 43.4 Å². The van der Waals surface area contributed by atoms with Crippen molar-refractivity contribution in [3.63, 3.8) is 0 Å². The Bertz CT molecular complexity index is 653. The lowest BCUT2D eigenvalue weighted by Crippen LogP contribution is -2.46. The van der Waals surface area contributed by atoms with Gasteiger partial charge in [0, 0.05) is 37.2 Å². The Morgan fingerprint density at radius 1 is 1.24 bits per heavy atom. The minimum Gasteiger partial charge on any atom is -0.395 e. The van der Waals surface area contributed by atoms with Crippen molar-refractivity contribution in [1.29, 1.82) is 0 Å². The summed E-state index contributed by atoms with van der Waals surface area (Å²) in [4.78, 5) is 8.76. The van der Waals surface area contributed by atoms with E-state index < -0.39 is 0 Å². The third-order valence-corrected chi connectivity index (χ3v) is 5.01. The van der Waals surface area contributed by atoms with Gasteiger partial charge in [-0.05, 0) is 37.0 Å². The van der Waals surface area contributed by atoms with E-state index in [4.69, 9.17) is 17.3 Å². The molecule has 0 atom stereocenters. The SMILES string of the molecule is Nc1n[nH]c(N2CCC(N(CCO)CCc3ccc(Cl)cc3)CC2)n1. The quantitative estimate of drug-likeness (QED) is 0.690. The van der Waals surface area contributed by atoms with Crippen LogP contribution >= 0.6 is 11.6 Å². The van der Waals surface area contributed by atoms with Crippen LogP contribution in [0.1, 0.15) is 18.4 Å². The molecule has 1 aliphatic rings. The maximum Gasteiger partial charge on any atom is 0.241 e. The van der Waals surface area contributed by atoms with Gasteiger partial charge in [-0.3, -0.25) is 4.90 Å². The number of nitrogens with zero attached hydrogens (tertiary/aromatic N) is 4. The molecule has 1 fully saturated rings. The van der Waals surface area contributed by atoms with E-state index in [0.717, 1.165) is 49.9 Å². The van der Waals surface area contributed by atoms with Gasteiger partial charge in [0.05, 0.1) is 6.61 Å². The van der Waals surface area contributed by atoms with Gasteiger partial charge in [0.1, 0.15) is 0 Å². The molecule has 0 unspecified atom stereocenters. The Kier molecular flexibility index (Phi) is 6.12. The molecule has 2 aromatic rings. The van der Waals surface area contributed by atoms with Crippen LogP contribution in [0.15, 0.2) is 24.3 Å². The number of nitrogen functional groups attached to an aromatic ring is 1. The largest absolute Gasteiger partial charge is 0.395 e. The summed E-state index contributed by atoms with van der Waals surface area (Å²) < 4.78 is 0. The first-order valence-electron chi connectivity index (χ1n) is 8.68. The van der Waals surface area contributed by atoms with Gasteiger partial charge in [0.15, 0.2) is 0 Å². The molecule has 0 radical (unpaired) electrons. The number of H-pyrrole nitrogens is 1. The summed E-state index contributed by atoms with van der Waals surface area (Å²) in [6.07, 6.45) is 3.01. The van der Waals surface area contributed by atoms with Crippen molar-refractivity contribution in [2.45, 2.75) is 25.3 Å². The van der Waals surface area contributed by atoms with Gasteiger partial charge in [0.2, 0.25) is 11.9 Å². The second-order valence-electron chi connectivity index (χ2n) is 6.37. The summed E-state index contributed by atoms with van der Waals surface area (Å²) >= 11 is 5.94. The molecule has 136 valence electrons. The summed E-state index contributed by atoms with van der Waals surface area (Å²) in [6, 6.07) is 8.45. The van der Waals surface area contributed by atoms with E-state index in [1.165, 1.54) is 5.56 Å². The maximum absolute atomic E-state index is 9.43. The monoisotopic (exact) mass is 364 g/mol. The van der Waals surface area contributed by atoms with E-state index >= 15 is 0 Å². The summed E-state index contributed by atoms with van der Waals surface area (Å²) in [7, 11) is 0. The number of halogens is 1. The molecule has 1 aliphatic heterocycles. The molecular formula is C17H25ClN6O. The molecular weight excluding hydrogens is 340 g/mol. The summed E-state index contributed by atoms with van der Waals surface area (Å²) in [5.41, 5.74) is 6.85. The number of piperidine rings is 1. The average molecular weight is 365 g/mol. The van der Waals surface area contributed by atoms with Crippen molar-refractivity contribution >= 4 is 23.5 Å². The topological polar surface area (TPSA) is 94.3 Å². The molecule has 0 saturated carbocycles. The molecule has 1 aromatic heterocycles. The number of aromatic amines is 1. The molecule has 0 spiro atoms. The number of nitrogens with one attached hydrogen (secondary N) is 1. The average Bonchev–Trinajstić information content (AvgIpc) is 3.07. The fraction of sp³-hybridized carbons (Fsp3) is 0.529. The fourth-order valence-corrected chi connectivity index (χ4v) is 3.51. The zero-order valence-corrected chi connectivity index (χ0v) is 15.0. The predicted molar refractivity (Wildman–Crippen MR) is 99.8 cm³/mol. The highest BCUT2D eigenvalue weighted by Crippen LogP contribution is 2.21. The van der Waals surface area contributed by atoms with E-state index in [1.807, 2.05) is 12.1 Å². The molecule has 0 amide bonds. The first kappa shape index (κ1) is 18.0. The van der Waals surface area contributed by atoms with Crippen molar-refractivity contribution in [3.05, 3.63) is 34.9 Å². The number of nitrogens with two attached hydrogens (primary N) is 1. The van der Waals surface area contributed by atoms with Crippen LogP contribution in [0.25, 0.3) is 0 Å². The van der Waals surface area contributed by atoms with E-state index in [1.54, 1.807) is 0 Å². The van der Waals surface area contributed by atoms with E-state index in [2.05, 4.69) is 37.1 Å². The Labute approximate surface area is 152 Å². The maximum atomic E-state index is 9.43. The van der Waals surface area contributed by atoms with Gasteiger partial charge >= 0.3 is 0 Å². The third-order valence-electron chi connectivity index (χ3n) is 4.76. The summed E-state index contributed by atoms with van der Waals surface area (Å²) in [5, 5.41) is 17.0. The molecule has 2 heterocycles. The van der Waals surface area contributed by atoms with Crippen LogP contribution in [0.2, 0.25) is 5.02 Å². The van der Waals surface area contributed by atoms with E-state index in [9.17, 15) is 5.11 Å². The van der Waals surface area contributed by atoms with Crippen molar-refractivity contribution in [1.82, 2.24) is 20.1 Å². The smallest absolute Gasteiger partial charge is 0.241 e. The lowest BCUT2D eigenvalue weighted by Gasteiger charge is -2.38. The third kappa shape index (κ3) is 4.84. The number of aromatic nitrogens is 3. The Balaban J connectivity index is 1.53. The van der Waals surface area contributed by atoms with Gasteiger partial charge in [-0.2, -0.15) is 4.98 Å². The Morgan fingerprint density at radius 3 is 2.56 bits per heavy atom. The number of aliphatic hydroxyl groups is 1. The predicted octanol–water partition coefficient (Wildman–Crippen LogP) is 1.55. The number of aliphatic hydroxyl groups excluding tert-OH is 1. The number of hydrogen-bond donors (Lipinski definition) is 3. The standard InChI is InChI=1S/C17H25ClN6O/c18-14-3-1-13(2-4-14)5-8-23(11-12-25)15-6-9-24(10-7-15)17-20-16(19)21-22-17/h1-4,15,25H,5-12H2,(H3,19,20,21,22). The Hall–Kier alpha value is -1.83. The van der Waals surface area contributed by atoms with Crippen LogP contribution in [0, 0.1) is 0 Å². The Morgan fingerprint density at radius 2 is 1.96 bits per heavy atom. The zero-order valence-electron chi connectivity index (χ0n) is 14.2. The molecule has 0 bridgehead atoms. The van der Waals surface area contributed by atoms with E-state index in [-0.39, 0.29) is 12.6 Å². The molecule has 1 saturated heterocycles. The van der Waals surface area contributed by atoms with Crippen LogP contribution in [0.5, 0.6) is 0 Å². The van der Waals surface area contributed by atoms with Crippen LogP contribution in [0.3, 0.4) is 0 Å². The minimum atomic E-state index is 0.180. The van der Waals surface area contributed by atoms with Gasteiger partial charge in [-0.25, -0.2) is 5.10 Å². The number of benzene rings is 1. The second-order valence-corrected chi connectivity index (χ2v) is 6.81. The fourth-order valence-electron chi connectivity index (χ4n) is 3.38. The highest BCUT2D eigenvalue weighted by Gasteiger charge is 2.25. The molecule has 25 heavy (non-hydrogen) atoms. The van der Waals surface area contributed by atoms with Crippen molar-refractivity contribution in [3.8, 4) is 0 Å². The highest BCUT2D eigenvalue weighted by molar-refractivity contribution is 6.30. The number of rotatable bonds is 7. The number of hydrogen-bond acceptors (Lipinski definition) is 6. The molecule has 3 rings (SSSR count). The minimum absolute atomic E-state index is 0.180. The van der Waals surface area contributed by atoms with Gasteiger partial charge in [-0.15, -0.1) is 5.10 Å². The van der Waals surface area contributed by atoms with Gasteiger partial charge in [0.25, 0.3) is 0 Å². The van der Waals surface area contributed by atoms with Crippen LogP contribution in [-0.4, -0.2) is 64.0 Å². The van der Waals surface area contributed by atoms with Crippen molar-refractivity contribution in [2.24, 2.45) is 0 Å². The van der Waals surface area contributed by atoms with Crippen LogP contribution in [0.4, 0.5) is 11.9 Å². The van der Waals surface area contributed by atoms with Crippen LogP contribution < -0.4 is 10.6 Å². The first-order valence-corrected chi connectivity index (χ1v) is 9.05. The number of anilines is 2. The molecule has 7 nitrogen and oxygen atoms in total. The van der Waals surface area contributed by atoms with E-state index in [0.29, 0.717) is 12.6 Å². The normalized spacial score (nSPS) is 15.9. The van der Waals surface area contributed by atoms with Gasteiger partial charge < -0.3 is 15.7 Å². The molecule has 8 heteroatoms. The highest BCUT2D eigenvalue weighted by atomic mass is 35.5. The summed E-state index contributed by atoms with van der Waals surface area (Å²) in [6.45, 7) is 3.62. The van der Waals surface area contributed by atoms with Crippen LogP contribution in [-0.2, 0) is 6.42 Å². The zero-order chi connectivity index (χ0) is 17.6. The lowest BCUT2D eigenvalue weighted by atomic mass is 10.0. The van der Waals surface area contributed by atoms with Gasteiger partial charge in [-0.1, -0.05) is 23.7 Å². The molecule has 4 N–H and O–H groups in total. The molecule has 1 aromatic carbocycles.